The fraction of sp³-hybridized carbons (Fsp3) is 0. The zero-order valence-electron chi connectivity index (χ0n) is 18.7. The Morgan fingerprint density at radius 3 is 2.11 bits per heavy atom. The molecular weight excluding hydrogens is 428 g/mol. The molecule has 0 aliphatic heterocycles. The number of nitrogens with zero attached hydrogens (tertiary/aromatic N) is 4. The van der Waals surface area contributed by atoms with Gasteiger partial charge in [-0.05, 0) is 71.3 Å². The molecule has 0 radical (unpaired) electrons. The van der Waals surface area contributed by atoms with Gasteiger partial charge in [0.15, 0.2) is 0 Å². The van der Waals surface area contributed by atoms with Crippen molar-refractivity contribution in [2.24, 2.45) is 0 Å². The number of hydrogen-bond acceptors (Lipinski definition) is 3. The fourth-order valence-corrected chi connectivity index (χ4v) is 4.70. The Labute approximate surface area is 202 Å². The number of aromatic nitrogens is 2. The van der Waals surface area contributed by atoms with Crippen molar-refractivity contribution in [3.05, 3.63) is 121 Å². The van der Waals surface area contributed by atoms with E-state index in [2.05, 4.69) is 64.2 Å². The summed E-state index contributed by atoms with van der Waals surface area (Å²) in [5, 5.41) is 21.2. The van der Waals surface area contributed by atoms with Crippen molar-refractivity contribution < 1.29 is 0 Å². The molecule has 0 amide bonds. The lowest BCUT2D eigenvalue weighted by Crippen LogP contribution is -1.96. The second-order valence-corrected chi connectivity index (χ2v) is 8.35. The number of hydrogen-bond donors (Lipinski definition) is 0. The minimum absolute atomic E-state index is 0.624. The van der Waals surface area contributed by atoms with Crippen molar-refractivity contribution in [3.63, 3.8) is 0 Å². The van der Waals surface area contributed by atoms with Gasteiger partial charge in [-0.2, -0.15) is 10.5 Å². The number of para-hydroxylation sites is 1. The molecule has 162 valence electrons. The first-order valence-corrected chi connectivity index (χ1v) is 11.3. The average molecular weight is 447 g/mol. The van der Waals surface area contributed by atoms with Crippen LogP contribution in [0.1, 0.15) is 11.1 Å². The minimum atomic E-state index is 0.624. The summed E-state index contributed by atoms with van der Waals surface area (Å²) in [5.74, 6) is 0. The van der Waals surface area contributed by atoms with Gasteiger partial charge in [0.25, 0.3) is 0 Å². The Kier molecular flexibility index (Phi) is 4.84. The summed E-state index contributed by atoms with van der Waals surface area (Å²) in [7, 11) is 0. The van der Waals surface area contributed by atoms with Crippen molar-refractivity contribution >= 4 is 21.8 Å². The molecule has 4 heteroatoms. The van der Waals surface area contributed by atoms with E-state index >= 15 is 0 Å². The van der Waals surface area contributed by atoms with Gasteiger partial charge in [0.05, 0.1) is 34.3 Å². The standard InChI is InChI=1S/C31H18N4/c32-19-21-5-7-22(8-6-21)24-10-12-28-27-3-1-2-4-30(27)35(31(28)17-24)26-11-9-25(20-33)29(18-26)23-13-15-34-16-14-23/h1-18H. The molecule has 0 bridgehead atoms. The van der Waals surface area contributed by atoms with E-state index in [1.54, 1.807) is 12.4 Å². The first kappa shape index (κ1) is 20.4. The van der Waals surface area contributed by atoms with Gasteiger partial charge in [0.1, 0.15) is 0 Å². The van der Waals surface area contributed by atoms with Gasteiger partial charge in [0.2, 0.25) is 0 Å². The van der Waals surface area contributed by atoms with Crippen LogP contribution < -0.4 is 0 Å². The van der Waals surface area contributed by atoms with Crippen LogP contribution in [0.4, 0.5) is 0 Å². The molecular formula is C31H18N4. The Balaban J connectivity index is 1.62. The van der Waals surface area contributed by atoms with Crippen molar-refractivity contribution in [3.8, 4) is 40.1 Å². The van der Waals surface area contributed by atoms with Crippen LogP contribution in [-0.4, -0.2) is 9.55 Å². The van der Waals surface area contributed by atoms with Crippen LogP contribution in [0, 0.1) is 22.7 Å². The maximum atomic E-state index is 9.75. The third kappa shape index (κ3) is 3.42. The second kappa shape index (κ2) is 8.30. The maximum absolute atomic E-state index is 9.75. The first-order valence-electron chi connectivity index (χ1n) is 11.3. The molecule has 6 rings (SSSR count). The fourth-order valence-electron chi connectivity index (χ4n) is 4.70. The average Bonchev–Trinajstić information content (AvgIpc) is 3.27. The van der Waals surface area contributed by atoms with Gasteiger partial charge < -0.3 is 4.57 Å². The monoisotopic (exact) mass is 446 g/mol. The van der Waals surface area contributed by atoms with E-state index in [9.17, 15) is 5.26 Å². The second-order valence-electron chi connectivity index (χ2n) is 8.35. The summed E-state index contributed by atoms with van der Waals surface area (Å²) < 4.78 is 2.25. The largest absolute Gasteiger partial charge is 0.309 e. The van der Waals surface area contributed by atoms with Crippen molar-refractivity contribution in [2.75, 3.05) is 0 Å². The van der Waals surface area contributed by atoms with E-state index in [0.29, 0.717) is 11.1 Å². The lowest BCUT2D eigenvalue weighted by Gasteiger charge is -2.12. The third-order valence-electron chi connectivity index (χ3n) is 6.39. The quantitative estimate of drug-likeness (QED) is 0.287. The molecule has 0 fully saturated rings. The Bertz CT molecular complexity index is 1800. The number of rotatable bonds is 3. The van der Waals surface area contributed by atoms with Gasteiger partial charge in [0, 0.05) is 34.4 Å². The molecule has 0 N–H and O–H groups in total. The molecule has 2 aromatic heterocycles. The SMILES string of the molecule is N#Cc1ccc(-c2ccc3c4ccccc4n(-c4ccc(C#N)c(-c5ccncc5)c4)c3c2)cc1. The molecule has 0 saturated heterocycles. The number of nitriles is 2. The van der Waals surface area contributed by atoms with Crippen molar-refractivity contribution in [2.45, 2.75) is 0 Å². The number of pyridine rings is 1. The molecule has 0 aliphatic carbocycles. The van der Waals surface area contributed by atoms with Gasteiger partial charge in [-0.15, -0.1) is 0 Å². The van der Waals surface area contributed by atoms with Gasteiger partial charge >= 0.3 is 0 Å². The third-order valence-corrected chi connectivity index (χ3v) is 6.39. The molecule has 6 aromatic rings. The summed E-state index contributed by atoms with van der Waals surface area (Å²) in [4.78, 5) is 4.12. The molecule has 4 nitrogen and oxygen atoms in total. The van der Waals surface area contributed by atoms with Crippen LogP contribution in [0.3, 0.4) is 0 Å². The topological polar surface area (TPSA) is 65.4 Å². The van der Waals surface area contributed by atoms with E-state index in [0.717, 1.165) is 44.4 Å². The van der Waals surface area contributed by atoms with Crippen LogP contribution in [0.5, 0.6) is 0 Å². The summed E-state index contributed by atoms with van der Waals surface area (Å²) in [6.07, 6.45) is 3.49. The molecule has 35 heavy (non-hydrogen) atoms. The number of fused-ring (bicyclic) bond motifs is 3. The highest BCUT2D eigenvalue weighted by Gasteiger charge is 2.15. The van der Waals surface area contributed by atoms with Gasteiger partial charge in [-0.25, -0.2) is 0 Å². The summed E-state index contributed by atoms with van der Waals surface area (Å²) in [6.45, 7) is 0. The van der Waals surface area contributed by atoms with E-state index in [1.807, 2.05) is 54.6 Å². The highest BCUT2D eigenvalue weighted by molar-refractivity contribution is 6.10. The smallest absolute Gasteiger partial charge is 0.0998 e. The Morgan fingerprint density at radius 2 is 1.34 bits per heavy atom. The van der Waals surface area contributed by atoms with Crippen LogP contribution >= 0.6 is 0 Å². The maximum Gasteiger partial charge on any atom is 0.0998 e. The van der Waals surface area contributed by atoms with Crippen molar-refractivity contribution in [1.29, 1.82) is 10.5 Å². The minimum Gasteiger partial charge on any atom is -0.309 e. The zero-order chi connectivity index (χ0) is 23.8. The first-order chi connectivity index (χ1) is 17.3. The van der Waals surface area contributed by atoms with Gasteiger partial charge in [-0.1, -0.05) is 42.5 Å². The van der Waals surface area contributed by atoms with Crippen LogP contribution in [0.2, 0.25) is 0 Å². The molecule has 0 unspecified atom stereocenters. The molecule has 0 atom stereocenters. The molecule has 2 heterocycles. The summed E-state index contributed by atoms with van der Waals surface area (Å²) in [6, 6.07) is 36.8. The highest BCUT2D eigenvalue weighted by atomic mass is 15.0. The van der Waals surface area contributed by atoms with Crippen LogP contribution in [0.25, 0.3) is 49.7 Å². The normalized spacial score (nSPS) is 10.8. The van der Waals surface area contributed by atoms with E-state index < -0.39 is 0 Å². The lowest BCUT2D eigenvalue weighted by atomic mass is 10.0. The number of benzene rings is 4. The lowest BCUT2D eigenvalue weighted by molar-refractivity contribution is 1.18. The van der Waals surface area contributed by atoms with Crippen molar-refractivity contribution in [1.82, 2.24) is 9.55 Å². The van der Waals surface area contributed by atoms with Crippen LogP contribution in [0.15, 0.2) is 109 Å². The van der Waals surface area contributed by atoms with E-state index in [4.69, 9.17) is 5.26 Å². The molecule has 0 aliphatic rings. The van der Waals surface area contributed by atoms with Crippen LogP contribution in [-0.2, 0) is 0 Å². The molecule has 0 saturated carbocycles. The predicted octanol–water partition coefficient (Wildman–Crippen LogP) is 7.26. The highest BCUT2D eigenvalue weighted by Crippen LogP contribution is 2.36. The Hall–Kier alpha value is -5.19. The molecule has 4 aromatic carbocycles. The van der Waals surface area contributed by atoms with E-state index in [-0.39, 0.29) is 0 Å². The van der Waals surface area contributed by atoms with E-state index in [1.165, 1.54) is 5.39 Å². The van der Waals surface area contributed by atoms with Gasteiger partial charge in [-0.3, -0.25) is 4.98 Å². The summed E-state index contributed by atoms with van der Waals surface area (Å²) in [5.41, 5.74) is 8.40. The zero-order valence-corrected chi connectivity index (χ0v) is 18.7. The predicted molar refractivity (Wildman–Crippen MR) is 139 cm³/mol. The summed E-state index contributed by atoms with van der Waals surface area (Å²) >= 11 is 0. The Morgan fingerprint density at radius 1 is 0.600 bits per heavy atom. The molecule has 0 spiro atoms.